The lowest BCUT2D eigenvalue weighted by Crippen LogP contribution is -2.55. The minimum absolute atomic E-state index is 0.00259. The Morgan fingerprint density at radius 2 is 2.14 bits per heavy atom. The van der Waals surface area contributed by atoms with Crippen LogP contribution in [0, 0.1) is 5.92 Å². The molecule has 3 atom stereocenters. The highest BCUT2D eigenvalue weighted by Gasteiger charge is 2.33. The molecule has 2 saturated heterocycles. The Balaban J connectivity index is 1.67. The molecule has 0 spiro atoms. The van der Waals surface area contributed by atoms with Crippen LogP contribution in [0.25, 0.3) is 0 Å². The van der Waals surface area contributed by atoms with Crippen LogP contribution in [0.3, 0.4) is 0 Å². The van der Waals surface area contributed by atoms with E-state index in [9.17, 15) is 4.79 Å². The Kier molecular flexibility index (Phi) is 4.56. The van der Waals surface area contributed by atoms with Crippen molar-refractivity contribution >= 4 is 5.91 Å². The van der Waals surface area contributed by atoms with Crippen molar-refractivity contribution in [2.45, 2.75) is 31.9 Å². The second-order valence-electron chi connectivity index (χ2n) is 6.11. The van der Waals surface area contributed by atoms with Crippen molar-refractivity contribution in [3.63, 3.8) is 0 Å². The summed E-state index contributed by atoms with van der Waals surface area (Å²) in [6.07, 6.45) is 2.30. The number of ether oxygens (including phenoxy) is 1. The molecule has 1 aromatic carbocycles. The van der Waals surface area contributed by atoms with E-state index in [0.29, 0.717) is 25.6 Å². The number of nitrogens with zero attached hydrogens (tertiary/aromatic N) is 1. The van der Waals surface area contributed by atoms with Gasteiger partial charge in [0.2, 0.25) is 5.91 Å². The van der Waals surface area contributed by atoms with Gasteiger partial charge in [0, 0.05) is 6.54 Å². The van der Waals surface area contributed by atoms with E-state index < -0.39 is 0 Å². The van der Waals surface area contributed by atoms with Crippen LogP contribution >= 0.6 is 0 Å². The fourth-order valence-corrected chi connectivity index (χ4v) is 3.30. The fourth-order valence-electron chi connectivity index (χ4n) is 3.30. The molecular formula is C17H24N2O2. The summed E-state index contributed by atoms with van der Waals surface area (Å²) in [5, 5.41) is 3.39. The van der Waals surface area contributed by atoms with E-state index >= 15 is 0 Å². The van der Waals surface area contributed by atoms with Crippen LogP contribution in [0.5, 0.6) is 0 Å². The number of rotatable bonds is 2. The lowest BCUT2D eigenvalue weighted by atomic mass is 9.91. The average molecular weight is 288 g/mol. The molecule has 0 aromatic heterocycles. The molecule has 2 heterocycles. The summed E-state index contributed by atoms with van der Waals surface area (Å²) in [4.78, 5) is 14.7. The van der Waals surface area contributed by atoms with E-state index in [1.54, 1.807) is 0 Å². The first-order valence-corrected chi connectivity index (χ1v) is 7.94. The first-order chi connectivity index (χ1) is 10.3. The van der Waals surface area contributed by atoms with Crippen LogP contribution < -0.4 is 5.32 Å². The molecule has 1 aromatic rings. The maximum atomic E-state index is 12.7. The molecular weight excluding hydrogens is 264 g/mol. The predicted octanol–water partition coefficient (Wildman–Crippen LogP) is 1.97. The van der Waals surface area contributed by atoms with Gasteiger partial charge in [0.25, 0.3) is 0 Å². The Bertz CT molecular complexity index is 477. The van der Waals surface area contributed by atoms with Crippen molar-refractivity contribution in [3.05, 3.63) is 35.9 Å². The van der Waals surface area contributed by atoms with Crippen molar-refractivity contribution in [3.8, 4) is 0 Å². The highest BCUT2D eigenvalue weighted by atomic mass is 16.5. The number of hydrogen-bond acceptors (Lipinski definition) is 3. The third kappa shape index (κ3) is 3.27. The molecule has 1 N–H and O–H groups in total. The maximum absolute atomic E-state index is 12.7. The summed E-state index contributed by atoms with van der Waals surface area (Å²) >= 11 is 0. The summed E-state index contributed by atoms with van der Waals surface area (Å²) in [7, 11) is 0. The van der Waals surface area contributed by atoms with Gasteiger partial charge in [-0.05, 0) is 30.9 Å². The number of amides is 1. The lowest BCUT2D eigenvalue weighted by Gasteiger charge is -2.38. The number of benzene rings is 1. The minimum Gasteiger partial charge on any atom is -0.370 e. The second-order valence-corrected chi connectivity index (χ2v) is 6.11. The molecule has 21 heavy (non-hydrogen) atoms. The SMILES string of the molecule is CC1CCCNC1C(=O)N1CCOC(c2ccccc2)C1. The van der Waals surface area contributed by atoms with Gasteiger partial charge < -0.3 is 15.0 Å². The lowest BCUT2D eigenvalue weighted by molar-refractivity contribution is -0.143. The van der Waals surface area contributed by atoms with Gasteiger partial charge in [-0.25, -0.2) is 0 Å². The monoisotopic (exact) mass is 288 g/mol. The van der Waals surface area contributed by atoms with E-state index in [1.165, 1.54) is 6.42 Å². The first kappa shape index (κ1) is 14.5. The first-order valence-electron chi connectivity index (χ1n) is 7.94. The largest absolute Gasteiger partial charge is 0.370 e. The molecule has 0 aliphatic carbocycles. The molecule has 2 fully saturated rings. The smallest absolute Gasteiger partial charge is 0.240 e. The highest BCUT2D eigenvalue weighted by molar-refractivity contribution is 5.82. The zero-order valence-electron chi connectivity index (χ0n) is 12.6. The number of hydrogen-bond donors (Lipinski definition) is 1. The highest BCUT2D eigenvalue weighted by Crippen LogP contribution is 2.24. The van der Waals surface area contributed by atoms with E-state index in [4.69, 9.17) is 4.74 Å². The van der Waals surface area contributed by atoms with Gasteiger partial charge in [-0.2, -0.15) is 0 Å². The van der Waals surface area contributed by atoms with Crippen LogP contribution in [0.2, 0.25) is 0 Å². The van der Waals surface area contributed by atoms with Gasteiger partial charge in [0.1, 0.15) is 6.10 Å². The topological polar surface area (TPSA) is 41.6 Å². The zero-order chi connectivity index (χ0) is 14.7. The molecule has 114 valence electrons. The number of nitrogens with one attached hydrogen (secondary N) is 1. The molecule has 4 nitrogen and oxygen atoms in total. The third-order valence-corrected chi connectivity index (χ3v) is 4.59. The summed E-state index contributed by atoms with van der Waals surface area (Å²) < 4.78 is 5.84. The molecule has 4 heteroatoms. The molecule has 0 bridgehead atoms. The second kappa shape index (κ2) is 6.58. The van der Waals surface area contributed by atoms with Gasteiger partial charge in [-0.1, -0.05) is 37.3 Å². The van der Waals surface area contributed by atoms with Gasteiger partial charge >= 0.3 is 0 Å². The summed E-state index contributed by atoms with van der Waals surface area (Å²) in [5.74, 6) is 0.663. The Hall–Kier alpha value is -1.39. The molecule has 1 amide bonds. The third-order valence-electron chi connectivity index (χ3n) is 4.59. The van der Waals surface area contributed by atoms with E-state index in [-0.39, 0.29) is 18.1 Å². The Morgan fingerprint density at radius 3 is 2.90 bits per heavy atom. The normalized spacial score (nSPS) is 30.1. The van der Waals surface area contributed by atoms with Gasteiger partial charge in [-0.15, -0.1) is 0 Å². The molecule has 2 aliphatic heterocycles. The molecule has 3 rings (SSSR count). The maximum Gasteiger partial charge on any atom is 0.240 e. The summed E-state index contributed by atoms with van der Waals surface area (Å²) in [5.41, 5.74) is 1.15. The van der Waals surface area contributed by atoms with Gasteiger partial charge in [-0.3, -0.25) is 4.79 Å². The van der Waals surface area contributed by atoms with E-state index in [0.717, 1.165) is 18.5 Å². The molecule has 2 aliphatic rings. The number of carbonyl (C=O) groups is 1. The van der Waals surface area contributed by atoms with Crippen molar-refractivity contribution in [2.24, 2.45) is 5.92 Å². The van der Waals surface area contributed by atoms with Crippen molar-refractivity contribution in [1.29, 1.82) is 0 Å². The number of piperidine rings is 1. The zero-order valence-corrected chi connectivity index (χ0v) is 12.6. The van der Waals surface area contributed by atoms with Gasteiger partial charge in [0.05, 0.1) is 19.2 Å². The van der Waals surface area contributed by atoms with E-state index in [2.05, 4.69) is 24.4 Å². The summed E-state index contributed by atoms with van der Waals surface area (Å²) in [6.45, 7) is 5.10. The average Bonchev–Trinajstić information content (AvgIpc) is 2.56. The molecule has 0 saturated carbocycles. The minimum atomic E-state index is -0.0201. The van der Waals surface area contributed by atoms with Crippen molar-refractivity contribution in [2.75, 3.05) is 26.2 Å². The number of carbonyl (C=O) groups excluding carboxylic acids is 1. The van der Waals surface area contributed by atoms with Crippen LogP contribution in [0.4, 0.5) is 0 Å². The Morgan fingerprint density at radius 1 is 1.33 bits per heavy atom. The molecule has 3 unspecified atom stereocenters. The number of morpholine rings is 1. The quantitative estimate of drug-likeness (QED) is 0.904. The predicted molar refractivity (Wildman–Crippen MR) is 81.9 cm³/mol. The standard InChI is InChI=1S/C17H24N2O2/c1-13-6-5-9-18-16(13)17(20)19-10-11-21-15(12-19)14-7-3-2-4-8-14/h2-4,7-8,13,15-16,18H,5-6,9-12H2,1H3. The Labute approximate surface area is 126 Å². The van der Waals surface area contributed by atoms with Crippen LogP contribution in [-0.4, -0.2) is 43.1 Å². The van der Waals surface area contributed by atoms with Crippen molar-refractivity contribution in [1.82, 2.24) is 10.2 Å². The van der Waals surface area contributed by atoms with Crippen molar-refractivity contribution < 1.29 is 9.53 Å². The summed E-state index contributed by atoms with van der Waals surface area (Å²) in [6, 6.07) is 10.2. The molecule has 0 radical (unpaired) electrons. The van der Waals surface area contributed by atoms with Crippen LogP contribution in [-0.2, 0) is 9.53 Å². The van der Waals surface area contributed by atoms with Gasteiger partial charge in [0.15, 0.2) is 0 Å². The van der Waals surface area contributed by atoms with Crippen LogP contribution in [0.15, 0.2) is 30.3 Å². The van der Waals surface area contributed by atoms with E-state index in [1.807, 2.05) is 23.1 Å². The fraction of sp³-hybridized carbons (Fsp3) is 0.588. The van der Waals surface area contributed by atoms with Crippen LogP contribution in [0.1, 0.15) is 31.4 Å².